The van der Waals surface area contributed by atoms with Crippen LogP contribution in [0.1, 0.15) is 23.7 Å². The highest BCUT2D eigenvalue weighted by Crippen LogP contribution is 2.23. The summed E-state index contributed by atoms with van der Waals surface area (Å²) in [5.74, 6) is 0.389. The Bertz CT molecular complexity index is 523. The van der Waals surface area contributed by atoms with Gasteiger partial charge >= 0.3 is 0 Å². The van der Waals surface area contributed by atoms with Crippen LogP contribution in [0.4, 0.5) is 5.95 Å². The molecule has 0 aromatic carbocycles. The average Bonchev–Trinajstić information content (AvgIpc) is 2.73. The van der Waals surface area contributed by atoms with Crippen molar-refractivity contribution in [2.24, 2.45) is 0 Å². The van der Waals surface area contributed by atoms with Crippen LogP contribution in [0, 0.1) is 11.7 Å². The van der Waals surface area contributed by atoms with E-state index >= 15 is 0 Å². The van der Waals surface area contributed by atoms with Gasteiger partial charge in [-0.1, -0.05) is 0 Å². The molecule has 1 unspecified atom stereocenters. The average molecular weight is 241 g/mol. The van der Waals surface area contributed by atoms with Gasteiger partial charge in [-0.3, -0.25) is 4.57 Å². The first-order valence-corrected chi connectivity index (χ1v) is 5.73. The number of hydrogen-bond acceptors (Lipinski definition) is 5. The third-order valence-electron chi connectivity index (χ3n) is 2.11. The Morgan fingerprint density at radius 3 is 2.87 bits per heavy atom. The number of aryl methyl sites for hydroxylation is 1. The summed E-state index contributed by atoms with van der Waals surface area (Å²) in [6.07, 6.45) is 0. The normalized spacial score (nSPS) is 12.9. The fourth-order valence-electron chi connectivity index (χ4n) is 1.37. The maximum atomic E-state index is 5.72. The van der Waals surface area contributed by atoms with E-state index in [2.05, 4.69) is 15.2 Å². The highest BCUT2D eigenvalue weighted by Gasteiger charge is 2.15. The minimum atomic E-state index is 0.0231. The van der Waals surface area contributed by atoms with Crippen molar-refractivity contribution >= 4 is 29.5 Å². The molecule has 5 nitrogen and oxygen atoms in total. The number of nitrogens with two attached hydrogens (primary N) is 1. The van der Waals surface area contributed by atoms with E-state index in [9.17, 15) is 0 Å². The lowest BCUT2D eigenvalue weighted by Gasteiger charge is -2.10. The van der Waals surface area contributed by atoms with Gasteiger partial charge < -0.3 is 5.73 Å². The Morgan fingerprint density at radius 2 is 2.40 bits per heavy atom. The topological polar surface area (TPSA) is 72.5 Å². The highest BCUT2D eigenvalue weighted by molar-refractivity contribution is 7.71. The van der Waals surface area contributed by atoms with E-state index in [0.717, 1.165) is 10.7 Å². The number of thiazole rings is 1. The second-order valence-corrected chi connectivity index (χ2v) is 4.54. The standard InChI is InChI=1S/C8H11N5S2/c1-4-3-15-6(10-4)5(2)13-7(9)11-12-8(13)14/h3,5H,1-2H3,(H2,9,11)(H,12,14). The molecule has 2 aromatic heterocycles. The van der Waals surface area contributed by atoms with Gasteiger partial charge in [-0.05, 0) is 26.1 Å². The molecule has 0 fully saturated rings. The highest BCUT2D eigenvalue weighted by atomic mass is 32.1. The van der Waals surface area contributed by atoms with Crippen molar-refractivity contribution in [2.45, 2.75) is 19.9 Å². The summed E-state index contributed by atoms with van der Waals surface area (Å²) >= 11 is 6.70. The van der Waals surface area contributed by atoms with Gasteiger partial charge in [0.1, 0.15) is 5.01 Å². The molecule has 0 bridgehead atoms. The number of nitrogens with zero attached hydrogens (tertiary/aromatic N) is 3. The van der Waals surface area contributed by atoms with Gasteiger partial charge in [-0.25, -0.2) is 10.1 Å². The summed E-state index contributed by atoms with van der Waals surface area (Å²) in [4.78, 5) is 4.40. The quantitative estimate of drug-likeness (QED) is 0.788. The summed E-state index contributed by atoms with van der Waals surface area (Å²) in [5, 5.41) is 9.52. The molecule has 0 aliphatic rings. The van der Waals surface area contributed by atoms with Crippen molar-refractivity contribution in [3.63, 3.8) is 0 Å². The Balaban J connectivity index is 2.44. The molecule has 0 aliphatic heterocycles. The number of aromatic amines is 1. The summed E-state index contributed by atoms with van der Waals surface area (Å²) in [7, 11) is 0. The van der Waals surface area contributed by atoms with Gasteiger partial charge in [0.05, 0.1) is 6.04 Å². The van der Waals surface area contributed by atoms with E-state index in [1.54, 1.807) is 15.9 Å². The van der Waals surface area contributed by atoms with Crippen molar-refractivity contribution in [3.05, 3.63) is 20.9 Å². The zero-order chi connectivity index (χ0) is 11.0. The van der Waals surface area contributed by atoms with Gasteiger partial charge in [0, 0.05) is 11.1 Å². The lowest BCUT2D eigenvalue weighted by molar-refractivity contribution is 0.632. The van der Waals surface area contributed by atoms with Gasteiger partial charge in [-0.15, -0.1) is 16.4 Å². The second kappa shape index (κ2) is 3.74. The van der Waals surface area contributed by atoms with Crippen LogP contribution in [-0.4, -0.2) is 19.7 Å². The number of anilines is 1. The molecule has 15 heavy (non-hydrogen) atoms. The summed E-state index contributed by atoms with van der Waals surface area (Å²) in [6, 6.07) is 0.0231. The van der Waals surface area contributed by atoms with Crippen molar-refractivity contribution in [1.29, 1.82) is 0 Å². The van der Waals surface area contributed by atoms with Crippen LogP contribution in [0.2, 0.25) is 0 Å². The van der Waals surface area contributed by atoms with E-state index in [0.29, 0.717) is 10.7 Å². The lowest BCUT2D eigenvalue weighted by Crippen LogP contribution is -2.10. The lowest BCUT2D eigenvalue weighted by atomic mass is 10.3. The van der Waals surface area contributed by atoms with Crippen molar-refractivity contribution in [3.8, 4) is 0 Å². The number of rotatable bonds is 2. The van der Waals surface area contributed by atoms with Gasteiger partial charge in [0.15, 0.2) is 4.77 Å². The van der Waals surface area contributed by atoms with Gasteiger partial charge in [0.25, 0.3) is 0 Å². The first kappa shape index (κ1) is 10.3. The fourth-order valence-corrected chi connectivity index (χ4v) is 2.51. The molecular formula is C8H11N5S2. The third kappa shape index (κ3) is 1.80. The summed E-state index contributed by atoms with van der Waals surface area (Å²) < 4.78 is 2.28. The smallest absolute Gasteiger partial charge is 0.221 e. The SMILES string of the molecule is Cc1csc(C(C)n2c(N)n[nH]c2=S)n1. The third-order valence-corrected chi connectivity index (χ3v) is 3.53. The van der Waals surface area contributed by atoms with Crippen LogP contribution < -0.4 is 5.73 Å². The van der Waals surface area contributed by atoms with E-state index in [4.69, 9.17) is 18.0 Å². The molecule has 2 rings (SSSR count). The molecule has 0 spiro atoms. The molecule has 0 amide bonds. The van der Waals surface area contributed by atoms with Gasteiger partial charge in [-0.2, -0.15) is 0 Å². The molecule has 80 valence electrons. The van der Waals surface area contributed by atoms with Crippen LogP contribution in [0.3, 0.4) is 0 Å². The zero-order valence-electron chi connectivity index (χ0n) is 8.39. The van der Waals surface area contributed by atoms with Crippen LogP contribution in [-0.2, 0) is 0 Å². The Hall–Kier alpha value is -1.21. The zero-order valence-corrected chi connectivity index (χ0v) is 10.0. The molecule has 2 aromatic rings. The second-order valence-electron chi connectivity index (χ2n) is 3.26. The summed E-state index contributed by atoms with van der Waals surface area (Å²) in [6.45, 7) is 3.96. The number of nitrogen functional groups attached to an aromatic ring is 1. The first-order chi connectivity index (χ1) is 7.09. The maximum Gasteiger partial charge on any atom is 0.221 e. The number of nitrogens with one attached hydrogen (secondary N) is 1. The number of H-pyrrole nitrogens is 1. The van der Waals surface area contributed by atoms with Crippen molar-refractivity contribution in [1.82, 2.24) is 19.7 Å². The first-order valence-electron chi connectivity index (χ1n) is 4.44. The van der Waals surface area contributed by atoms with E-state index in [1.165, 1.54) is 0 Å². The molecule has 1 atom stereocenters. The Morgan fingerprint density at radius 1 is 1.67 bits per heavy atom. The molecular weight excluding hydrogens is 230 g/mol. The minimum Gasteiger partial charge on any atom is -0.368 e. The van der Waals surface area contributed by atoms with E-state index in [1.807, 2.05) is 19.2 Å². The largest absolute Gasteiger partial charge is 0.368 e. The molecule has 3 N–H and O–H groups in total. The molecule has 2 heterocycles. The molecule has 7 heteroatoms. The van der Waals surface area contributed by atoms with E-state index < -0.39 is 0 Å². The Kier molecular flexibility index (Phi) is 2.57. The van der Waals surface area contributed by atoms with E-state index in [-0.39, 0.29) is 6.04 Å². The van der Waals surface area contributed by atoms with Crippen LogP contribution in [0.15, 0.2) is 5.38 Å². The monoisotopic (exact) mass is 241 g/mol. The molecule has 0 saturated carbocycles. The number of hydrogen-bond donors (Lipinski definition) is 2. The van der Waals surface area contributed by atoms with Crippen molar-refractivity contribution in [2.75, 3.05) is 5.73 Å². The molecule has 0 radical (unpaired) electrons. The Labute approximate surface area is 96.0 Å². The van der Waals surface area contributed by atoms with Crippen LogP contribution in [0.5, 0.6) is 0 Å². The van der Waals surface area contributed by atoms with Crippen LogP contribution >= 0.6 is 23.6 Å². The van der Waals surface area contributed by atoms with Gasteiger partial charge in [0.2, 0.25) is 5.95 Å². The number of aromatic nitrogens is 4. The molecule has 0 aliphatic carbocycles. The predicted octanol–water partition coefficient (Wildman–Crippen LogP) is 1.90. The summed E-state index contributed by atoms with van der Waals surface area (Å²) in [5.41, 5.74) is 6.73. The minimum absolute atomic E-state index is 0.0231. The van der Waals surface area contributed by atoms with Crippen molar-refractivity contribution < 1.29 is 0 Å². The molecule has 0 saturated heterocycles. The predicted molar refractivity (Wildman–Crippen MR) is 62.5 cm³/mol. The fraction of sp³-hybridized carbons (Fsp3) is 0.375. The van der Waals surface area contributed by atoms with Crippen LogP contribution in [0.25, 0.3) is 0 Å². The maximum absolute atomic E-state index is 5.72.